The van der Waals surface area contributed by atoms with Crippen molar-refractivity contribution in [1.29, 1.82) is 0 Å². The van der Waals surface area contributed by atoms with Crippen LogP contribution in [0.5, 0.6) is 0 Å². The molecule has 0 bridgehead atoms. The van der Waals surface area contributed by atoms with Gasteiger partial charge in [0.1, 0.15) is 11.6 Å². The van der Waals surface area contributed by atoms with E-state index in [-0.39, 0.29) is 31.0 Å². The molecule has 8 nitrogen and oxygen atoms in total. The van der Waals surface area contributed by atoms with E-state index >= 15 is 0 Å². The number of carbonyl (C=O) groups is 3. The fourth-order valence-corrected chi connectivity index (χ4v) is 4.13. The van der Waals surface area contributed by atoms with Gasteiger partial charge < -0.3 is 19.6 Å². The monoisotopic (exact) mass is 403 g/mol. The number of aliphatic hydroxyl groups is 1. The number of amides is 4. The summed E-state index contributed by atoms with van der Waals surface area (Å²) in [7, 11) is 1.49. The molecule has 0 saturated carbocycles. The lowest BCUT2D eigenvalue weighted by atomic mass is 9.85. The summed E-state index contributed by atoms with van der Waals surface area (Å²) in [6.45, 7) is 2.94. The van der Waals surface area contributed by atoms with Crippen molar-refractivity contribution in [2.75, 3.05) is 33.4 Å². The highest BCUT2D eigenvalue weighted by Gasteiger charge is 2.58. The molecule has 2 aliphatic heterocycles. The van der Waals surface area contributed by atoms with E-state index in [1.807, 2.05) is 30.3 Å². The minimum absolute atomic E-state index is 0.0834. The second-order valence-corrected chi connectivity index (χ2v) is 7.62. The van der Waals surface area contributed by atoms with Gasteiger partial charge in [0, 0.05) is 39.9 Å². The molecule has 0 radical (unpaired) electrons. The summed E-state index contributed by atoms with van der Waals surface area (Å²) in [4.78, 5) is 43.5. The summed E-state index contributed by atoms with van der Waals surface area (Å²) in [5.74, 6) is -0.329. The SMILES string of the molecule is COC(C)C(=O)N1CCC2(CC1)C(=O)N(CCCO)C(=O)N2Cc1ccccc1. The molecule has 1 aromatic carbocycles. The summed E-state index contributed by atoms with van der Waals surface area (Å²) in [6, 6.07) is 9.26. The second kappa shape index (κ2) is 8.92. The van der Waals surface area contributed by atoms with Crippen LogP contribution in [0.25, 0.3) is 0 Å². The van der Waals surface area contributed by atoms with Crippen molar-refractivity contribution in [2.45, 2.75) is 44.4 Å². The molecule has 1 aromatic rings. The molecular formula is C21H29N3O5. The zero-order valence-corrected chi connectivity index (χ0v) is 17.0. The third-order valence-electron chi connectivity index (χ3n) is 5.95. The molecule has 1 N–H and O–H groups in total. The quantitative estimate of drug-likeness (QED) is 0.692. The Balaban J connectivity index is 1.84. The Morgan fingerprint density at radius 2 is 1.86 bits per heavy atom. The van der Waals surface area contributed by atoms with Gasteiger partial charge in [-0.25, -0.2) is 4.79 Å². The van der Waals surface area contributed by atoms with Crippen LogP contribution in [-0.4, -0.2) is 82.6 Å². The Hall–Kier alpha value is -2.45. The van der Waals surface area contributed by atoms with Crippen LogP contribution in [0.1, 0.15) is 31.7 Å². The lowest BCUT2D eigenvalue weighted by molar-refractivity contribution is -0.147. The minimum atomic E-state index is -0.949. The number of benzene rings is 1. The van der Waals surface area contributed by atoms with Gasteiger partial charge in [-0.1, -0.05) is 30.3 Å². The van der Waals surface area contributed by atoms with Crippen molar-refractivity contribution in [3.8, 4) is 0 Å². The lowest BCUT2D eigenvalue weighted by Gasteiger charge is -2.42. The molecule has 2 aliphatic rings. The van der Waals surface area contributed by atoms with Crippen LogP contribution < -0.4 is 0 Å². The van der Waals surface area contributed by atoms with E-state index in [9.17, 15) is 14.4 Å². The molecule has 1 spiro atoms. The average molecular weight is 403 g/mol. The molecule has 2 saturated heterocycles. The van der Waals surface area contributed by atoms with E-state index < -0.39 is 11.6 Å². The molecule has 1 unspecified atom stereocenters. The van der Waals surface area contributed by atoms with Gasteiger partial charge in [-0.3, -0.25) is 14.5 Å². The zero-order chi connectivity index (χ0) is 21.0. The number of hydrogen-bond donors (Lipinski definition) is 1. The summed E-state index contributed by atoms with van der Waals surface area (Å²) in [5.41, 5.74) is -0.00121. The van der Waals surface area contributed by atoms with Crippen molar-refractivity contribution in [2.24, 2.45) is 0 Å². The zero-order valence-electron chi connectivity index (χ0n) is 17.0. The van der Waals surface area contributed by atoms with Crippen molar-refractivity contribution in [1.82, 2.24) is 14.7 Å². The van der Waals surface area contributed by atoms with E-state index in [0.29, 0.717) is 38.9 Å². The first-order valence-electron chi connectivity index (χ1n) is 10.0. The van der Waals surface area contributed by atoms with E-state index in [2.05, 4.69) is 0 Å². The molecule has 4 amide bonds. The highest BCUT2D eigenvalue weighted by atomic mass is 16.5. The van der Waals surface area contributed by atoms with Gasteiger partial charge >= 0.3 is 6.03 Å². The summed E-state index contributed by atoms with van der Waals surface area (Å²) in [6.07, 6.45) is 0.596. The number of carbonyl (C=O) groups excluding carboxylic acids is 3. The Labute approximate surface area is 171 Å². The number of piperidine rings is 1. The molecule has 2 fully saturated rings. The van der Waals surface area contributed by atoms with E-state index in [0.717, 1.165) is 5.56 Å². The van der Waals surface area contributed by atoms with Gasteiger partial charge in [-0.05, 0) is 31.7 Å². The van der Waals surface area contributed by atoms with Gasteiger partial charge in [0.05, 0.1) is 0 Å². The largest absolute Gasteiger partial charge is 0.396 e. The number of nitrogens with zero attached hydrogens (tertiary/aromatic N) is 3. The van der Waals surface area contributed by atoms with Crippen molar-refractivity contribution < 1.29 is 24.2 Å². The van der Waals surface area contributed by atoms with Crippen LogP contribution in [0, 0.1) is 0 Å². The lowest BCUT2D eigenvalue weighted by Crippen LogP contribution is -2.58. The maximum absolute atomic E-state index is 13.3. The third kappa shape index (κ3) is 4.00. The molecule has 8 heteroatoms. The van der Waals surface area contributed by atoms with Gasteiger partial charge in [0.25, 0.3) is 11.8 Å². The molecule has 0 aliphatic carbocycles. The highest BCUT2D eigenvalue weighted by molar-refractivity contribution is 6.07. The highest BCUT2D eigenvalue weighted by Crippen LogP contribution is 2.38. The van der Waals surface area contributed by atoms with Crippen molar-refractivity contribution in [3.05, 3.63) is 35.9 Å². The van der Waals surface area contributed by atoms with Gasteiger partial charge in [-0.2, -0.15) is 0 Å². The number of ether oxygens (including phenoxy) is 1. The number of aliphatic hydroxyl groups excluding tert-OH is 1. The molecular weight excluding hydrogens is 374 g/mol. The van der Waals surface area contributed by atoms with Crippen LogP contribution in [0.3, 0.4) is 0 Å². The fourth-order valence-electron chi connectivity index (χ4n) is 4.13. The fraction of sp³-hybridized carbons (Fsp3) is 0.571. The summed E-state index contributed by atoms with van der Waals surface area (Å²) >= 11 is 0. The van der Waals surface area contributed by atoms with Crippen LogP contribution >= 0.6 is 0 Å². The van der Waals surface area contributed by atoms with E-state index in [1.165, 1.54) is 12.0 Å². The first-order chi connectivity index (χ1) is 13.9. The van der Waals surface area contributed by atoms with E-state index in [4.69, 9.17) is 9.84 Å². The Morgan fingerprint density at radius 3 is 2.45 bits per heavy atom. The summed E-state index contributed by atoms with van der Waals surface area (Å²) in [5, 5.41) is 9.15. The van der Waals surface area contributed by atoms with Gasteiger partial charge in [0.15, 0.2) is 0 Å². The predicted molar refractivity (Wildman–Crippen MR) is 106 cm³/mol. The average Bonchev–Trinajstić information content (AvgIpc) is 2.93. The minimum Gasteiger partial charge on any atom is -0.396 e. The maximum atomic E-state index is 13.3. The first-order valence-corrected chi connectivity index (χ1v) is 10.0. The number of urea groups is 1. The van der Waals surface area contributed by atoms with Crippen molar-refractivity contribution >= 4 is 17.8 Å². The number of imide groups is 1. The molecule has 3 rings (SSSR count). The number of methoxy groups -OCH3 is 1. The number of rotatable bonds is 7. The number of hydrogen-bond acceptors (Lipinski definition) is 5. The Kier molecular flexibility index (Phi) is 6.54. The first kappa shape index (κ1) is 21.3. The van der Waals surface area contributed by atoms with E-state index in [1.54, 1.807) is 16.7 Å². The predicted octanol–water partition coefficient (Wildman–Crippen LogP) is 1.23. The van der Waals surface area contributed by atoms with Gasteiger partial charge in [0.2, 0.25) is 0 Å². The molecule has 1 atom stereocenters. The van der Waals surface area contributed by atoms with Crippen LogP contribution in [-0.2, 0) is 20.9 Å². The third-order valence-corrected chi connectivity index (χ3v) is 5.95. The van der Waals surface area contributed by atoms with Crippen LogP contribution in [0.4, 0.5) is 4.79 Å². The second-order valence-electron chi connectivity index (χ2n) is 7.62. The normalized spacial score (nSPS) is 19.9. The molecule has 0 aromatic heterocycles. The topological polar surface area (TPSA) is 90.4 Å². The van der Waals surface area contributed by atoms with Crippen molar-refractivity contribution in [3.63, 3.8) is 0 Å². The Morgan fingerprint density at radius 1 is 1.21 bits per heavy atom. The van der Waals surface area contributed by atoms with Crippen LogP contribution in [0.2, 0.25) is 0 Å². The molecule has 2 heterocycles. The molecule has 29 heavy (non-hydrogen) atoms. The smallest absolute Gasteiger partial charge is 0.327 e. The van der Waals surface area contributed by atoms with Crippen LogP contribution in [0.15, 0.2) is 30.3 Å². The Bertz CT molecular complexity index is 746. The number of likely N-dealkylation sites (tertiary alicyclic amines) is 1. The molecule has 158 valence electrons. The van der Waals surface area contributed by atoms with Gasteiger partial charge in [-0.15, -0.1) is 0 Å². The summed E-state index contributed by atoms with van der Waals surface area (Å²) < 4.78 is 5.13. The standard InChI is InChI=1S/C21H29N3O5/c1-16(29-2)18(26)22-12-9-21(10-13-22)19(27)23(11-6-14-25)20(28)24(21)15-17-7-4-3-5-8-17/h3-5,7-8,16,25H,6,9-15H2,1-2H3. The maximum Gasteiger partial charge on any atom is 0.327 e.